The maximum Gasteiger partial charge on any atom is 0.161 e. The molecule has 0 saturated heterocycles. The van der Waals surface area contributed by atoms with Crippen LogP contribution in [0.25, 0.3) is 0 Å². The summed E-state index contributed by atoms with van der Waals surface area (Å²) in [5.74, 6) is 0. The summed E-state index contributed by atoms with van der Waals surface area (Å²) in [5, 5.41) is 16.1. The second-order valence-electron chi connectivity index (χ2n) is 2.72. The summed E-state index contributed by atoms with van der Waals surface area (Å²) in [7, 11) is -3.21. The lowest BCUT2D eigenvalue weighted by Crippen LogP contribution is -2.11. The highest BCUT2D eigenvalue weighted by Gasteiger charge is 2.61. The van der Waals surface area contributed by atoms with E-state index < -0.39 is 20.5 Å². The van der Waals surface area contributed by atoms with E-state index in [0.29, 0.717) is 0 Å². The zero-order chi connectivity index (χ0) is 8.70. The first-order valence-corrected chi connectivity index (χ1v) is 4.93. The van der Waals surface area contributed by atoms with Gasteiger partial charge in [-0.15, -0.1) is 0 Å². The zero-order valence-corrected chi connectivity index (χ0v) is 6.72. The number of nitrogens with zero attached hydrogens (tertiary/aromatic N) is 2. The van der Waals surface area contributed by atoms with Crippen LogP contribution >= 0.6 is 0 Å². The second-order valence-corrected chi connectivity index (χ2v) is 4.95. The van der Waals surface area contributed by atoms with Gasteiger partial charge in [-0.2, -0.15) is 10.5 Å². The fourth-order valence-electron chi connectivity index (χ4n) is 1.01. The maximum absolute atomic E-state index is 10.8. The molecule has 1 fully saturated rings. The molecule has 1 aliphatic rings. The Morgan fingerprint density at radius 1 is 1.45 bits per heavy atom. The monoisotopic (exact) mass is 170 g/mol. The highest BCUT2D eigenvalue weighted by atomic mass is 32.2. The van der Waals surface area contributed by atoms with E-state index >= 15 is 0 Å². The van der Waals surface area contributed by atoms with Gasteiger partial charge >= 0.3 is 0 Å². The predicted octanol–water partition coefficient (Wildman–Crippen LogP) is -0.163. The fourth-order valence-corrected chi connectivity index (χ4v) is 2.41. The first kappa shape index (κ1) is 8.03. The number of sulfone groups is 1. The Kier molecular flexibility index (Phi) is 1.43. The lowest BCUT2D eigenvalue weighted by Gasteiger charge is -1.93. The molecule has 0 aliphatic heterocycles. The largest absolute Gasteiger partial charge is 0.229 e. The van der Waals surface area contributed by atoms with E-state index in [1.165, 1.54) is 0 Å². The molecule has 0 N–H and O–H groups in total. The van der Waals surface area contributed by atoms with Gasteiger partial charge < -0.3 is 0 Å². The molecule has 0 aromatic rings. The Morgan fingerprint density at radius 2 is 1.91 bits per heavy atom. The van der Waals surface area contributed by atoms with Crippen LogP contribution in [0.2, 0.25) is 0 Å². The summed E-state index contributed by atoms with van der Waals surface area (Å²) in [5.41, 5.74) is -1.24. The Bertz CT molecular complexity index is 343. The SMILES string of the molecule is CS(=O)(=O)C1CC1(C#N)C#N. The third kappa shape index (κ3) is 1.08. The fraction of sp³-hybridized carbons (Fsp3) is 0.667. The van der Waals surface area contributed by atoms with Crippen LogP contribution < -0.4 is 0 Å². The third-order valence-corrected chi connectivity index (χ3v) is 3.42. The van der Waals surface area contributed by atoms with Gasteiger partial charge in [-0.3, -0.25) is 0 Å². The van der Waals surface area contributed by atoms with Crippen molar-refractivity contribution in [1.29, 1.82) is 10.5 Å². The first-order chi connectivity index (χ1) is 4.96. The summed E-state index contributed by atoms with van der Waals surface area (Å²) in [6.45, 7) is 0. The van der Waals surface area contributed by atoms with Gasteiger partial charge in [-0.25, -0.2) is 8.42 Å². The van der Waals surface area contributed by atoms with Gasteiger partial charge in [0.05, 0.1) is 17.4 Å². The molecule has 1 saturated carbocycles. The molecule has 11 heavy (non-hydrogen) atoms. The predicted molar refractivity (Wildman–Crippen MR) is 36.9 cm³/mol. The van der Waals surface area contributed by atoms with Crippen molar-refractivity contribution in [2.75, 3.05) is 6.26 Å². The molecule has 0 spiro atoms. The van der Waals surface area contributed by atoms with Crippen LogP contribution in [0.1, 0.15) is 6.42 Å². The summed E-state index contributed by atoms with van der Waals surface area (Å²) in [4.78, 5) is 0. The van der Waals surface area contributed by atoms with E-state index in [1.807, 2.05) is 0 Å². The molecule has 0 amide bonds. The van der Waals surface area contributed by atoms with Crippen molar-refractivity contribution in [3.8, 4) is 12.1 Å². The summed E-state index contributed by atoms with van der Waals surface area (Å²) >= 11 is 0. The van der Waals surface area contributed by atoms with Crippen molar-refractivity contribution in [3.63, 3.8) is 0 Å². The molecular formula is C6H6N2O2S. The molecule has 0 heterocycles. The van der Waals surface area contributed by atoms with Crippen molar-refractivity contribution in [2.45, 2.75) is 11.7 Å². The molecule has 58 valence electrons. The molecule has 5 heteroatoms. The molecule has 0 aromatic carbocycles. The lowest BCUT2D eigenvalue weighted by atomic mass is 10.2. The van der Waals surface area contributed by atoms with Crippen molar-refractivity contribution >= 4 is 9.84 Å². The molecule has 4 nitrogen and oxygen atoms in total. The van der Waals surface area contributed by atoms with Crippen LogP contribution in [-0.2, 0) is 9.84 Å². The number of nitriles is 2. The average Bonchev–Trinajstić information content (AvgIpc) is 2.61. The maximum atomic E-state index is 10.8. The normalized spacial score (nSPS) is 26.6. The van der Waals surface area contributed by atoms with Gasteiger partial charge in [-0.05, 0) is 6.42 Å². The Balaban J connectivity index is 2.95. The molecule has 1 aliphatic carbocycles. The Labute approximate surface area is 65.0 Å². The van der Waals surface area contributed by atoms with Gasteiger partial charge in [0.1, 0.15) is 0 Å². The van der Waals surface area contributed by atoms with Crippen molar-refractivity contribution in [3.05, 3.63) is 0 Å². The van der Waals surface area contributed by atoms with Crippen LogP contribution in [0.3, 0.4) is 0 Å². The molecule has 1 atom stereocenters. The van der Waals surface area contributed by atoms with Crippen LogP contribution in [0.15, 0.2) is 0 Å². The average molecular weight is 170 g/mol. The smallest absolute Gasteiger partial charge is 0.161 e. The highest BCUT2D eigenvalue weighted by Crippen LogP contribution is 2.49. The standard InChI is InChI=1S/C6H6N2O2S/c1-11(9,10)5-2-6(5,3-7)4-8/h5H,2H2,1H3. The minimum absolute atomic E-state index is 0.166. The zero-order valence-electron chi connectivity index (χ0n) is 5.90. The minimum Gasteiger partial charge on any atom is -0.229 e. The summed E-state index contributed by atoms with van der Waals surface area (Å²) in [6.07, 6.45) is 1.22. The molecule has 0 radical (unpaired) electrons. The van der Waals surface area contributed by atoms with Crippen molar-refractivity contribution in [1.82, 2.24) is 0 Å². The summed E-state index contributed by atoms with van der Waals surface area (Å²) in [6, 6.07) is 3.44. The quantitative estimate of drug-likeness (QED) is 0.547. The van der Waals surface area contributed by atoms with Crippen LogP contribution in [0, 0.1) is 28.1 Å². The van der Waals surface area contributed by atoms with Gasteiger partial charge in [0.25, 0.3) is 0 Å². The van der Waals surface area contributed by atoms with Crippen molar-refractivity contribution < 1.29 is 8.42 Å². The number of hydrogen-bond donors (Lipinski definition) is 0. The number of hydrogen-bond acceptors (Lipinski definition) is 4. The molecule has 1 unspecified atom stereocenters. The van der Waals surface area contributed by atoms with Gasteiger partial charge in [0.2, 0.25) is 0 Å². The van der Waals surface area contributed by atoms with E-state index in [2.05, 4.69) is 0 Å². The second kappa shape index (κ2) is 1.96. The van der Waals surface area contributed by atoms with Crippen LogP contribution in [0.5, 0.6) is 0 Å². The van der Waals surface area contributed by atoms with E-state index in [4.69, 9.17) is 10.5 Å². The Hall–Kier alpha value is -1.07. The lowest BCUT2D eigenvalue weighted by molar-refractivity contribution is 0.597. The minimum atomic E-state index is -3.21. The van der Waals surface area contributed by atoms with Gasteiger partial charge in [-0.1, -0.05) is 0 Å². The van der Waals surface area contributed by atoms with Gasteiger partial charge in [0.15, 0.2) is 15.3 Å². The first-order valence-electron chi connectivity index (χ1n) is 2.97. The van der Waals surface area contributed by atoms with Crippen molar-refractivity contribution in [2.24, 2.45) is 5.41 Å². The van der Waals surface area contributed by atoms with E-state index in [0.717, 1.165) is 6.26 Å². The van der Waals surface area contributed by atoms with E-state index in [1.54, 1.807) is 12.1 Å². The number of rotatable bonds is 1. The highest BCUT2D eigenvalue weighted by molar-refractivity contribution is 7.91. The molecule has 0 bridgehead atoms. The topological polar surface area (TPSA) is 81.7 Å². The molecule has 0 aromatic heterocycles. The molecular weight excluding hydrogens is 164 g/mol. The van der Waals surface area contributed by atoms with Crippen LogP contribution in [0.4, 0.5) is 0 Å². The Morgan fingerprint density at radius 3 is 2.00 bits per heavy atom. The van der Waals surface area contributed by atoms with E-state index in [9.17, 15) is 8.42 Å². The summed E-state index contributed by atoms with van der Waals surface area (Å²) < 4.78 is 21.6. The van der Waals surface area contributed by atoms with E-state index in [-0.39, 0.29) is 6.42 Å². The molecule has 1 rings (SSSR count). The van der Waals surface area contributed by atoms with Crippen LogP contribution in [-0.4, -0.2) is 19.9 Å². The van der Waals surface area contributed by atoms with Gasteiger partial charge in [0, 0.05) is 6.26 Å². The third-order valence-electron chi connectivity index (χ3n) is 1.81.